The number of hydrogen-bond acceptors (Lipinski definition) is 4. The summed E-state index contributed by atoms with van der Waals surface area (Å²) in [6, 6.07) is 7.28. The van der Waals surface area contributed by atoms with Gasteiger partial charge in [-0.05, 0) is 49.9 Å². The van der Waals surface area contributed by atoms with E-state index in [1.54, 1.807) is 17.0 Å². The van der Waals surface area contributed by atoms with Crippen molar-refractivity contribution in [3.8, 4) is 0 Å². The lowest BCUT2D eigenvalue weighted by atomic mass is 10.1. The third-order valence-electron chi connectivity index (χ3n) is 3.47. The van der Waals surface area contributed by atoms with Crippen molar-refractivity contribution >= 4 is 11.4 Å². The van der Waals surface area contributed by atoms with Gasteiger partial charge in [-0.15, -0.1) is 0 Å². The maximum atomic E-state index is 10.4. The molecule has 20 heavy (non-hydrogen) atoms. The molecule has 4 N–H and O–H groups in total. The number of nitrogen functional groups attached to an aromatic ring is 1. The third-order valence-corrected chi connectivity index (χ3v) is 3.47. The molecule has 0 fully saturated rings. The van der Waals surface area contributed by atoms with Gasteiger partial charge in [0.2, 0.25) is 0 Å². The number of anilines is 2. The molecule has 0 bridgehead atoms. The maximum Gasteiger partial charge on any atom is 0.129 e. The molecule has 0 saturated heterocycles. The number of benzene rings is 1. The van der Waals surface area contributed by atoms with Crippen molar-refractivity contribution < 1.29 is 10.2 Å². The molecule has 1 aromatic rings. The van der Waals surface area contributed by atoms with Crippen molar-refractivity contribution in [1.29, 1.82) is 0 Å². The molecule has 114 valence electrons. The Morgan fingerprint density at radius 3 is 1.80 bits per heavy atom. The van der Waals surface area contributed by atoms with Crippen LogP contribution in [0.25, 0.3) is 0 Å². The van der Waals surface area contributed by atoms with E-state index in [-0.39, 0.29) is 0 Å². The average molecular weight is 280 g/mol. The van der Waals surface area contributed by atoms with Crippen LogP contribution in [0.15, 0.2) is 24.3 Å². The van der Waals surface area contributed by atoms with Crippen molar-refractivity contribution in [2.75, 3.05) is 10.6 Å². The monoisotopic (exact) mass is 280 g/mol. The van der Waals surface area contributed by atoms with E-state index in [9.17, 15) is 10.2 Å². The summed E-state index contributed by atoms with van der Waals surface area (Å²) in [5, 5.41) is 20.7. The van der Waals surface area contributed by atoms with E-state index in [4.69, 9.17) is 5.73 Å². The number of nitrogens with zero attached hydrogens (tertiary/aromatic N) is 1. The molecular formula is C16H28N2O2. The molecule has 0 aliphatic rings. The smallest absolute Gasteiger partial charge is 0.129 e. The highest BCUT2D eigenvalue weighted by Gasteiger charge is 2.22. The van der Waals surface area contributed by atoms with Crippen molar-refractivity contribution in [2.24, 2.45) is 0 Å². The fourth-order valence-electron chi connectivity index (χ4n) is 2.24. The van der Waals surface area contributed by atoms with Crippen LogP contribution in [0.4, 0.5) is 11.4 Å². The number of aliphatic hydroxyl groups is 2. The van der Waals surface area contributed by atoms with Gasteiger partial charge in [0.1, 0.15) is 12.5 Å². The Balaban J connectivity index is 2.84. The van der Waals surface area contributed by atoms with Crippen LogP contribution in [-0.2, 0) is 0 Å². The first-order valence-corrected chi connectivity index (χ1v) is 7.60. The van der Waals surface area contributed by atoms with Gasteiger partial charge < -0.3 is 20.8 Å². The van der Waals surface area contributed by atoms with Gasteiger partial charge in [0, 0.05) is 11.4 Å². The van der Waals surface area contributed by atoms with E-state index in [0.717, 1.165) is 31.4 Å². The summed E-state index contributed by atoms with van der Waals surface area (Å²) in [5.74, 6) is 0. The molecule has 0 heterocycles. The molecule has 1 aromatic carbocycles. The average Bonchev–Trinajstić information content (AvgIpc) is 2.45. The molecule has 0 aromatic heterocycles. The van der Waals surface area contributed by atoms with E-state index in [2.05, 4.69) is 13.8 Å². The molecule has 4 heteroatoms. The van der Waals surface area contributed by atoms with Gasteiger partial charge in [0.15, 0.2) is 0 Å². The van der Waals surface area contributed by atoms with Crippen LogP contribution in [0.3, 0.4) is 0 Å². The molecule has 1 rings (SSSR count). The SMILES string of the molecule is CCCCC(O)N(c1ccc(N)cc1)C(O)CCCC. The highest BCUT2D eigenvalue weighted by Crippen LogP contribution is 2.24. The van der Waals surface area contributed by atoms with Gasteiger partial charge in [0.05, 0.1) is 0 Å². The first kappa shape index (κ1) is 16.8. The lowest BCUT2D eigenvalue weighted by Crippen LogP contribution is -2.43. The van der Waals surface area contributed by atoms with Crippen LogP contribution in [0, 0.1) is 0 Å². The predicted octanol–water partition coefficient (Wildman–Crippen LogP) is 3.09. The van der Waals surface area contributed by atoms with E-state index >= 15 is 0 Å². The number of hydrogen-bond donors (Lipinski definition) is 3. The van der Waals surface area contributed by atoms with E-state index < -0.39 is 12.5 Å². The Hall–Kier alpha value is -1.26. The number of unbranched alkanes of at least 4 members (excludes halogenated alkanes) is 2. The summed E-state index contributed by atoms with van der Waals surface area (Å²) in [6.45, 7) is 4.18. The van der Waals surface area contributed by atoms with Crippen LogP contribution in [0.1, 0.15) is 52.4 Å². The van der Waals surface area contributed by atoms with E-state index in [1.807, 2.05) is 12.1 Å². The van der Waals surface area contributed by atoms with Crippen LogP contribution in [0.5, 0.6) is 0 Å². The fourth-order valence-corrected chi connectivity index (χ4v) is 2.24. The van der Waals surface area contributed by atoms with Gasteiger partial charge in [0.25, 0.3) is 0 Å². The Morgan fingerprint density at radius 2 is 1.40 bits per heavy atom. The van der Waals surface area contributed by atoms with Crippen LogP contribution in [-0.4, -0.2) is 22.7 Å². The highest BCUT2D eigenvalue weighted by molar-refractivity contribution is 5.53. The molecule has 2 unspecified atom stereocenters. The van der Waals surface area contributed by atoms with Crippen molar-refractivity contribution in [3.05, 3.63) is 24.3 Å². The second-order valence-corrected chi connectivity index (χ2v) is 5.24. The predicted molar refractivity (Wildman–Crippen MR) is 84.4 cm³/mol. The Morgan fingerprint density at radius 1 is 0.950 bits per heavy atom. The zero-order chi connectivity index (χ0) is 15.0. The van der Waals surface area contributed by atoms with Gasteiger partial charge in [-0.1, -0.05) is 26.7 Å². The second kappa shape index (κ2) is 8.82. The molecule has 0 saturated carbocycles. The summed E-state index contributed by atoms with van der Waals surface area (Å²) in [6.07, 6.45) is 3.92. The quantitative estimate of drug-likeness (QED) is 0.480. The molecule has 4 nitrogen and oxygen atoms in total. The first-order chi connectivity index (χ1) is 9.60. The third kappa shape index (κ3) is 5.02. The van der Waals surface area contributed by atoms with Crippen LogP contribution < -0.4 is 10.6 Å². The summed E-state index contributed by atoms with van der Waals surface area (Å²) < 4.78 is 0. The van der Waals surface area contributed by atoms with Gasteiger partial charge in [-0.3, -0.25) is 0 Å². The molecule has 0 aliphatic carbocycles. The summed E-state index contributed by atoms with van der Waals surface area (Å²) in [7, 11) is 0. The van der Waals surface area contributed by atoms with Crippen LogP contribution in [0.2, 0.25) is 0 Å². The largest absolute Gasteiger partial charge is 0.399 e. The van der Waals surface area contributed by atoms with Crippen LogP contribution >= 0.6 is 0 Å². The molecule has 0 amide bonds. The van der Waals surface area contributed by atoms with Crippen molar-refractivity contribution in [3.63, 3.8) is 0 Å². The fraction of sp³-hybridized carbons (Fsp3) is 0.625. The topological polar surface area (TPSA) is 69.7 Å². The second-order valence-electron chi connectivity index (χ2n) is 5.24. The summed E-state index contributed by atoms with van der Waals surface area (Å²) in [4.78, 5) is 1.70. The van der Waals surface area contributed by atoms with E-state index in [1.165, 1.54) is 0 Å². The number of rotatable bonds is 9. The van der Waals surface area contributed by atoms with Gasteiger partial charge in [-0.25, -0.2) is 0 Å². The minimum atomic E-state index is -0.662. The highest BCUT2D eigenvalue weighted by atomic mass is 16.3. The first-order valence-electron chi connectivity index (χ1n) is 7.60. The van der Waals surface area contributed by atoms with Gasteiger partial charge >= 0.3 is 0 Å². The zero-order valence-corrected chi connectivity index (χ0v) is 12.6. The lowest BCUT2D eigenvalue weighted by molar-refractivity contribution is 0.0720. The standard InChI is InChI=1S/C16H28N2O2/c1-3-5-7-15(19)18(16(20)8-6-4-2)14-11-9-13(17)10-12-14/h9-12,15-16,19-20H,3-8,17H2,1-2H3. The molecule has 0 radical (unpaired) electrons. The normalized spacial score (nSPS) is 14.0. The number of nitrogens with two attached hydrogens (primary N) is 1. The zero-order valence-electron chi connectivity index (χ0n) is 12.6. The molecule has 0 aliphatic heterocycles. The Bertz CT molecular complexity index is 353. The Kier molecular flexibility index (Phi) is 7.41. The van der Waals surface area contributed by atoms with E-state index in [0.29, 0.717) is 18.5 Å². The maximum absolute atomic E-state index is 10.4. The minimum absolute atomic E-state index is 0.657. The molecule has 0 spiro atoms. The molecule has 2 atom stereocenters. The minimum Gasteiger partial charge on any atom is -0.399 e. The molecular weight excluding hydrogens is 252 g/mol. The Labute approximate surface area is 122 Å². The summed E-state index contributed by atoms with van der Waals surface area (Å²) in [5.41, 5.74) is 7.19. The van der Waals surface area contributed by atoms with Crippen molar-refractivity contribution in [2.45, 2.75) is 64.8 Å². The lowest BCUT2D eigenvalue weighted by Gasteiger charge is -2.34. The van der Waals surface area contributed by atoms with Crippen molar-refractivity contribution in [1.82, 2.24) is 0 Å². The van der Waals surface area contributed by atoms with Gasteiger partial charge in [-0.2, -0.15) is 0 Å². The number of aliphatic hydroxyl groups excluding tert-OH is 2. The summed E-state index contributed by atoms with van der Waals surface area (Å²) >= 11 is 0.